The molecule has 0 atom stereocenters. The Labute approximate surface area is 153 Å². The molecule has 0 saturated heterocycles. The van der Waals surface area contributed by atoms with Crippen molar-refractivity contribution >= 4 is 26.6 Å². The van der Waals surface area contributed by atoms with E-state index in [0.717, 1.165) is 16.5 Å². The van der Waals surface area contributed by atoms with Crippen molar-refractivity contribution in [2.45, 2.75) is 17.9 Å². The zero-order valence-electron chi connectivity index (χ0n) is 14.5. The van der Waals surface area contributed by atoms with Crippen LogP contribution in [-0.2, 0) is 21.2 Å². The molecular formula is C20H20N2O3S. The number of amides is 1. The Hall–Kier alpha value is -2.73. The molecule has 2 aromatic carbocycles. The molecule has 3 rings (SSSR count). The van der Waals surface area contributed by atoms with Crippen LogP contribution >= 0.6 is 0 Å². The fourth-order valence-electron chi connectivity index (χ4n) is 2.81. The van der Waals surface area contributed by atoms with Gasteiger partial charge in [-0.1, -0.05) is 36.4 Å². The van der Waals surface area contributed by atoms with E-state index >= 15 is 0 Å². The second-order valence-electron chi connectivity index (χ2n) is 6.12. The third kappa shape index (κ3) is 4.08. The topological polar surface area (TPSA) is 67.3 Å². The number of fused-ring (bicyclic) bond motifs is 1. The number of rotatable bonds is 6. The lowest BCUT2D eigenvalue weighted by Gasteiger charge is -2.18. The van der Waals surface area contributed by atoms with E-state index in [2.05, 4.69) is 4.98 Å². The smallest absolute Gasteiger partial charge is 0.223 e. The number of carbonyl (C=O) groups is 1. The van der Waals surface area contributed by atoms with Gasteiger partial charge in [-0.3, -0.25) is 9.78 Å². The van der Waals surface area contributed by atoms with Gasteiger partial charge in [0.1, 0.15) is 0 Å². The minimum Gasteiger partial charge on any atom is -0.341 e. The highest BCUT2D eigenvalue weighted by molar-refractivity contribution is 7.91. The van der Waals surface area contributed by atoms with Gasteiger partial charge in [0, 0.05) is 31.6 Å². The SMILES string of the molecule is CN(Cc1cccc2ncccc12)C(=O)CCS(=O)(=O)c1ccccc1. The second kappa shape index (κ2) is 7.66. The van der Waals surface area contributed by atoms with E-state index in [-0.39, 0.29) is 23.0 Å². The summed E-state index contributed by atoms with van der Waals surface area (Å²) in [6.07, 6.45) is 1.69. The normalized spacial score (nSPS) is 11.4. The third-order valence-corrected chi connectivity index (χ3v) is 5.99. The zero-order valence-corrected chi connectivity index (χ0v) is 15.3. The van der Waals surface area contributed by atoms with E-state index in [9.17, 15) is 13.2 Å². The van der Waals surface area contributed by atoms with Crippen LogP contribution in [0.25, 0.3) is 10.9 Å². The Kier molecular flexibility index (Phi) is 5.32. The van der Waals surface area contributed by atoms with Gasteiger partial charge in [-0.25, -0.2) is 8.42 Å². The predicted octanol–water partition coefficient (Wildman–Crippen LogP) is 3.06. The molecule has 134 valence electrons. The van der Waals surface area contributed by atoms with E-state index in [4.69, 9.17) is 0 Å². The number of carbonyl (C=O) groups excluding carboxylic acids is 1. The van der Waals surface area contributed by atoms with Crippen molar-refractivity contribution in [1.82, 2.24) is 9.88 Å². The lowest BCUT2D eigenvalue weighted by atomic mass is 10.1. The fraction of sp³-hybridized carbons (Fsp3) is 0.200. The van der Waals surface area contributed by atoms with Crippen LogP contribution in [0.4, 0.5) is 0 Å². The summed E-state index contributed by atoms with van der Waals surface area (Å²) >= 11 is 0. The maximum absolute atomic E-state index is 12.4. The summed E-state index contributed by atoms with van der Waals surface area (Å²) in [5, 5.41) is 0.992. The lowest BCUT2D eigenvalue weighted by Crippen LogP contribution is -2.28. The van der Waals surface area contributed by atoms with Gasteiger partial charge >= 0.3 is 0 Å². The van der Waals surface area contributed by atoms with Crippen molar-refractivity contribution in [1.29, 1.82) is 0 Å². The van der Waals surface area contributed by atoms with Crippen LogP contribution in [0.1, 0.15) is 12.0 Å². The molecule has 1 amide bonds. The van der Waals surface area contributed by atoms with Crippen LogP contribution in [0.2, 0.25) is 0 Å². The van der Waals surface area contributed by atoms with Crippen LogP contribution in [0, 0.1) is 0 Å². The first-order chi connectivity index (χ1) is 12.5. The summed E-state index contributed by atoms with van der Waals surface area (Å²) in [5.41, 5.74) is 1.86. The molecule has 0 aliphatic rings. The lowest BCUT2D eigenvalue weighted by molar-refractivity contribution is -0.129. The Morgan fingerprint density at radius 2 is 1.77 bits per heavy atom. The van der Waals surface area contributed by atoms with Gasteiger partial charge in [-0.2, -0.15) is 0 Å². The van der Waals surface area contributed by atoms with E-state index in [1.165, 1.54) is 0 Å². The number of pyridine rings is 1. The average Bonchev–Trinajstić information content (AvgIpc) is 2.67. The fourth-order valence-corrected chi connectivity index (χ4v) is 4.06. The van der Waals surface area contributed by atoms with Crippen molar-refractivity contribution in [2.75, 3.05) is 12.8 Å². The monoisotopic (exact) mass is 368 g/mol. The summed E-state index contributed by atoms with van der Waals surface area (Å²) in [6, 6.07) is 17.8. The summed E-state index contributed by atoms with van der Waals surface area (Å²) in [7, 11) is -1.77. The van der Waals surface area contributed by atoms with Gasteiger partial charge in [0.15, 0.2) is 9.84 Å². The van der Waals surface area contributed by atoms with Crippen molar-refractivity contribution in [3.63, 3.8) is 0 Å². The second-order valence-corrected chi connectivity index (χ2v) is 8.23. The average molecular weight is 368 g/mol. The summed E-state index contributed by atoms with van der Waals surface area (Å²) < 4.78 is 24.6. The van der Waals surface area contributed by atoms with E-state index in [1.54, 1.807) is 48.5 Å². The summed E-state index contributed by atoms with van der Waals surface area (Å²) in [6.45, 7) is 0.410. The molecule has 0 N–H and O–H groups in total. The first-order valence-corrected chi connectivity index (χ1v) is 9.97. The maximum atomic E-state index is 12.4. The Morgan fingerprint density at radius 3 is 2.54 bits per heavy atom. The highest BCUT2D eigenvalue weighted by Crippen LogP contribution is 2.18. The molecule has 1 heterocycles. The highest BCUT2D eigenvalue weighted by atomic mass is 32.2. The van der Waals surface area contributed by atoms with Crippen LogP contribution in [-0.4, -0.2) is 37.0 Å². The first kappa shape index (κ1) is 18.1. The molecule has 0 fully saturated rings. The molecule has 0 saturated carbocycles. The first-order valence-electron chi connectivity index (χ1n) is 8.32. The van der Waals surface area contributed by atoms with Crippen molar-refractivity contribution in [2.24, 2.45) is 0 Å². The Bertz CT molecular complexity index is 1010. The molecule has 26 heavy (non-hydrogen) atoms. The maximum Gasteiger partial charge on any atom is 0.223 e. The Morgan fingerprint density at radius 1 is 1.00 bits per heavy atom. The van der Waals surface area contributed by atoms with E-state index < -0.39 is 9.84 Å². The number of hydrogen-bond donors (Lipinski definition) is 0. The predicted molar refractivity (Wildman–Crippen MR) is 101 cm³/mol. The standard InChI is InChI=1S/C20H20N2O3S/c1-22(15-16-7-5-11-19-18(16)10-6-13-21-19)20(23)12-14-26(24,25)17-8-3-2-4-9-17/h2-11,13H,12,14-15H2,1H3. The molecule has 5 nitrogen and oxygen atoms in total. The van der Waals surface area contributed by atoms with Crippen molar-refractivity contribution in [3.05, 3.63) is 72.4 Å². The molecule has 0 aliphatic carbocycles. The molecule has 3 aromatic rings. The van der Waals surface area contributed by atoms with Gasteiger partial charge in [-0.05, 0) is 29.8 Å². The molecule has 0 unspecified atom stereocenters. The molecule has 0 radical (unpaired) electrons. The zero-order chi connectivity index (χ0) is 18.6. The molecule has 0 spiro atoms. The number of hydrogen-bond acceptors (Lipinski definition) is 4. The van der Waals surface area contributed by atoms with Crippen LogP contribution in [0.15, 0.2) is 71.8 Å². The quantitative estimate of drug-likeness (QED) is 0.671. The highest BCUT2D eigenvalue weighted by Gasteiger charge is 2.18. The van der Waals surface area contributed by atoms with E-state index in [1.807, 2.05) is 30.3 Å². The molecule has 1 aromatic heterocycles. The number of benzene rings is 2. The molecule has 6 heteroatoms. The van der Waals surface area contributed by atoms with Gasteiger partial charge < -0.3 is 4.90 Å². The number of aromatic nitrogens is 1. The third-order valence-electron chi connectivity index (χ3n) is 4.26. The summed E-state index contributed by atoms with van der Waals surface area (Å²) in [5.74, 6) is -0.400. The molecular weight excluding hydrogens is 348 g/mol. The molecule has 0 bridgehead atoms. The van der Waals surface area contributed by atoms with Gasteiger partial charge in [0.2, 0.25) is 5.91 Å². The Balaban J connectivity index is 1.67. The van der Waals surface area contributed by atoms with Gasteiger partial charge in [0.05, 0.1) is 16.2 Å². The summed E-state index contributed by atoms with van der Waals surface area (Å²) in [4.78, 5) is 18.5. The van der Waals surface area contributed by atoms with Crippen molar-refractivity contribution < 1.29 is 13.2 Å². The largest absolute Gasteiger partial charge is 0.341 e. The minimum absolute atomic E-state index is 0.0449. The van der Waals surface area contributed by atoms with E-state index in [0.29, 0.717) is 6.54 Å². The van der Waals surface area contributed by atoms with Crippen LogP contribution < -0.4 is 0 Å². The van der Waals surface area contributed by atoms with Gasteiger partial charge in [0.25, 0.3) is 0 Å². The number of sulfone groups is 1. The van der Waals surface area contributed by atoms with Crippen LogP contribution in [0.5, 0.6) is 0 Å². The minimum atomic E-state index is -3.45. The van der Waals surface area contributed by atoms with Crippen molar-refractivity contribution in [3.8, 4) is 0 Å². The molecule has 0 aliphatic heterocycles. The van der Waals surface area contributed by atoms with Gasteiger partial charge in [-0.15, -0.1) is 0 Å². The number of nitrogens with zero attached hydrogens (tertiary/aromatic N) is 2. The van der Waals surface area contributed by atoms with Crippen LogP contribution in [0.3, 0.4) is 0 Å².